The van der Waals surface area contributed by atoms with E-state index in [0.29, 0.717) is 26.1 Å². The van der Waals surface area contributed by atoms with Crippen molar-refractivity contribution in [1.82, 2.24) is 4.31 Å². The summed E-state index contributed by atoms with van der Waals surface area (Å²) in [5.74, 6) is -0.743. The maximum Gasteiger partial charge on any atom is 0.573 e. The summed E-state index contributed by atoms with van der Waals surface area (Å²) in [5, 5.41) is 0. The first-order valence-electron chi connectivity index (χ1n) is 7.89. The van der Waals surface area contributed by atoms with Gasteiger partial charge in [-0.3, -0.25) is 0 Å². The predicted molar refractivity (Wildman–Crippen MR) is 80.3 cm³/mol. The second-order valence-corrected chi connectivity index (χ2v) is 7.64. The van der Waals surface area contributed by atoms with Crippen molar-refractivity contribution in [1.29, 1.82) is 0 Å². The summed E-state index contributed by atoms with van der Waals surface area (Å²) < 4.78 is 79.8. The molecule has 2 heterocycles. The monoisotopic (exact) mass is 381 g/mol. The van der Waals surface area contributed by atoms with E-state index in [2.05, 4.69) is 4.74 Å². The molecule has 3 rings (SSSR count). The van der Waals surface area contributed by atoms with Gasteiger partial charge in [0.05, 0.1) is 19.3 Å². The number of para-hydroxylation sites is 1. The van der Waals surface area contributed by atoms with Gasteiger partial charge in [-0.1, -0.05) is 18.6 Å². The van der Waals surface area contributed by atoms with E-state index < -0.39 is 39.4 Å². The minimum atomic E-state index is -4.98. The molecule has 0 spiro atoms. The Balaban J connectivity index is 1.94. The summed E-state index contributed by atoms with van der Waals surface area (Å²) in [6, 6.07) is 4.18. The molecule has 2 fully saturated rings. The van der Waals surface area contributed by atoms with Crippen LogP contribution in [-0.2, 0) is 19.5 Å². The van der Waals surface area contributed by atoms with Gasteiger partial charge in [-0.05, 0) is 25.0 Å². The number of halogens is 3. The fourth-order valence-corrected chi connectivity index (χ4v) is 4.90. The second kappa shape index (κ2) is 7.10. The largest absolute Gasteiger partial charge is 0.573 e. The standard InChI is InChI=1S/C15H18F3NO5S/c16-15(17,18)24-12-6-1-2-7-13(12)25(20,21)19-8-4-3-5-11(19)14-22-9-10-23-14/h1-2,6-7,11,14H,3-5,8-10H2. The Morgan fingerprint density at radius 2 is 1.80 bits per heavy atom. The lowest BCUT2D eigenvalue weighted by atomic mass is 10.0. The summed E-state index contributed by atoms with van der Waals surface area (Å²) >= 11 is 0. The first-order valence-corrected chi connectivity index (χ1v) is 9.33. The maximum atomic E-state index is 13.0. The number of ether oxygens (including phenoxy) is 3. The average Bonchev–Trinajstić information content (AvgIpc) is 3.08. The van der Waals surface area contributed by atoms with E-state index in [1.54, 1.807) is 0 Å². The quantitative estimate of drug-likeness (QED) is 0.802. The zero-order chi connectivity index (χ0) is 18.1. The topological polar surface area (TPSA) is 65.1 Å². The third kappa shape index (κ3) is 4.08. The molecule has 140 valence electrons. The molecule has 2 saturated heterocycles. The van der Waals surface area contributed by atoms with Crippen LogP contribution < -0.4 is 4.74 Å². The zero-order valence-corrected chi connectivity index (χ0v) is 14.1. The van der Waals surface area contributed by atoms with Gasteiger partial charge in [-0.15, -0.1) is 13.2 Å². The molecular weight excluding hydrogens is 363 g/mol. The highest BCUT2D eigenvalue weighted by molar-refractivity contribution is 7.89. The molecule has 0 N–H and O–H groups in total. The highest BCUT2D eigenvalue weighted by Crippen LogP contribution is 2.35. The maximum absolute atomic E-state index is 13.0. The van der Waals surface area contributed by atoms with Crippen molar-refractivity contribution in [3.63, 3.8) is 0 Å². The van der Waals surface area contributed by atoms with Crippen molar-refractivity contribution in [2.24, 2.45) is 0 Å². The minimum Gasteiger partial charge on any atom is -0.404 e. The summed E-state index contributed by atoms with van der Waals surface area (Å²) in [6.07, 6.45) is -3.76. The first-order chi connectivity index (χ1) is 11.8. The van der Waals surface area contributed by atoms with Gasteiger partial charge in [0.15, 0.2) is 6.29 Å². The fourth-order valence-electron chi connectivity index (χ4n) is 3.10. The Kier molecular flexibility index (Phi) is 5.24. The van der Waals surface area contributed by atoms with E-state index in [-0.39, 0.29) is 6.54 Å². The number of alkyl halides is 3. The highest BCUT2D eigenvalue weighted by atomic mass is 32.2. The third-order valence-electron chi connectivity index (χ3n) is 4.12. The van der Waals surface area contributed by atoms with E-state index in [9.17, 15) is 21.6 Å². The SMILES string of the molecule is O=S(=O)(c1ccccc1OC(F)(F)F)N1CCCCC1C1OCCO1. The summed E-state index contributed by atoms with van der Waals surface area (Å²) in [5.41, 5.74) is 0. The van der Waals surface area contributed by atoms with Crippen molar-refractivity contribution in [2.75, 3.05) is 19.8 Å². The first kappa shape index (κ1) is 18.4. The van der Waals surface area contributed by atoms with Crippen LogP contribution in [-0.4, -0.2) is 51.2 Å². The second-order valence-electron chi connectivity index (χ2n) is 5.78. The molecule has 25 heavy (non-hydrogen) atoms. The van der Waals surface area contributed by atoms with Crippen LogP contribution in [0, 0.1) is 0 Å². The summed E-state index contributed by atoms with van der Waals surface area (Å²) in [6.45, 7) is 0.919. The smallest absolute Gasteiger partial charge is 0.404 e. The van der Waals surface area contributed by atoms with Crippen molar-refractivity contribution in [3.05, 3.63) is 24.3 Å². The van der Waals surface area contributed by atoms with Crippen LogP contribution in [0.4, 0.5) is 13.2 Å². The molecule has 2 aliphatic heterocycles. The van der Waals surface area contributed by atoms with E-state index >= 15 is 0 Å². The lowest BCUT2D eigenvalue weighted by Gasteiger charge is -2.37. The van der Waals surface area contributed by atoms with E-state index in [4.69, 9.17) is 9.47 Å². The van der Waals surface area contributed by atoms with E-state index in [0.717, 1.165) is 18.6 Å². The summed E-state index contributed by atoms with van der Waals surface area (Å²) in [7, 11) is -4.20. The number of sulfonamides is 1. The van der Waals surface area contributed by atoms with E-state index in [1.807, 2.05) is 0 Å². The van der Waals surface area contributed by atoms with Gasteiger partial charge >= 0.3 is 6.36 Å². The van der Waals surface area contributed by atoms with Gasteiger partial charge in [0.25, 0.3) is 0 Å². The van der Waals surface area contributed by atoms with Crippen molar-refractivity contribution < 1.29 is 35.8 Å². The molecule has 0 aromatic heterocycles. The normalized spacial score (nSPS) is 23.7. The number of piperidine rings is 1. The van der Waals surface area contributed by atoms with Crippen molar-refractivity contribution >= 4 is 10.0 Å². The van der Waals surface area contributed by atoms with Crippen LogP contribution in [0.15, 0.2) is 29.2 Å². The Morgan fingerprint density at radius 1 is 1.12 bits per heavy atom. The van der Waals surface area contributed by atoms with Gasteiger partial charge in [-0.2, -0.15) is 4.31 Å². The van der Waals surface area contributed by atoms with Gasteiger partial charge in [0.1, 0.15) is 10.6 Å². The van der Waals surface area contributed by atoms with Crippen LogP contribution in [0.1, 0.15) is 19.3 Å². The zero-order valence-electron chi connectivity index (χ0n) is 13.2. The van der Waals surface area contributed by atoms with Gasteiger partial charge < -0.3 is 14.2 Å². The molecule has 1 unspecified atom stereocenters. The molecule has 10 heteroatoms. The van der Waals surface area contributed by atoms with Crippen LogP contribution in [0.25, 0.3) is 0 Å². The van der Waals surface area contributed by atoms with Crippen LogP contribution in [0.3, 0.4) is 0 Å². The fraction of sp³-hybridized carbons (Fsp3) is 0.600. The van der Waals surface area contributed by atoms with Crippen molar-refractivity contribution in [2.45, 2.75) is 42.9 Å². The molecule has 0 radical (unpaired) electrons. The molecular formula is C15H18F3NO5S. The molecule has 1 aromatic carbocycles. The molecule has 0 bridgehead atoms. The van der Waals surface area contributed by atoms with E-state index in [1.165, 1.54) is 16.4 Å². The molecule has 2 aliphatic rings. The third-order valence-corrected chi connectivity index (χ3v) is 6.09. The molecule has 0 amide bonds. The Morgan fingerprint density at radius 3 is 2.48 bits per heavy atom. The summed E-state index contributed by atoms with van der Waals surface area (Å²) in [4.78, 5) is -0.516. The number of hydrogen-bond donors (Lipinski definition) is 0. The van der Waals surface area contributed by atoms with Gasteiger partial charge in [-0.25, -0.2) is 8.42 Å². The minimum absolute atomic E-state index is 0.191. The van der Waals surface area contributed by atoms with Crippen LogP contribution >= 0.6 is 0 Å². The molecule has 1 atom stereocenters. The van der Waals surface area contributed by atoms with Crippen molar-refractivity contribution in [3.8, 4) is 5.75 Å². The molecule has 1 aromatic rings. The number of benzene rings is 1. The van der Waals surface area contributed by atoms with Gasteiger partial charge in [0.2, 0.25) is 10.0 Å². The Hall–Kier alpha value is -1.36. The lowest BCUT2D eigenvalue weighted by Crippen LogP contribution is -2.50. The van der Waals surface area contributed by atoms with Crippen LogP contribution in [0.5, 0.6) is 5.75 Å². The number of hydrogen-bond acceptors (Lipinski definition) is 5. The lowest BCUT2D eigenvalue weighted by molar-refractivity contribution is -0.275. The Labute approximate surface area is 143 Å². The molecule has 0 aliphatic carbocycles. The molecule has 6 nitrogen and oxygen atoms in total. The Bertz CT molecular complexity index is 703. The number of rotatable bonds is 4. The molecule has 0 saturated carbocycles. The number of nitrogens with zero attached hydrogens (tertiary/aromatic N) is 1. The predicted octanol–water partition coefficient (Wildman–Crippen LogP) is 2.50. The van der Waals surface area contributed by atoms with Gasteiger partial charge in [0, 0.05) is 6.54 Å². The highest BCUT2D eigenvalue weighted by Gasteiger charge is 2.42. The van der Waals surface area contributed by atoms with Crippen LogP contribution in [0.2, 0.25) is 0 Å². The average molecular weight is 381 g/mol.